The Bertz CT molecular complexity index is 595. The molecule has 0 heterocycles. The van der Waals surface area contributed by atoms with E-state index in [1.54, 1.807) is 12.1 Å². The average Bonchev–Trinajstić information content (AvgIpc) is 2.42. The summed E-state index contributed by atoms with van der Waals surface area (Å²) in [6.07, 6.45) is 0.506. The van der Waals surface area contributed by atoms with Gasteiger partial charge in [-0.15, -0.1) is 0 Å². The molecular weight excluding hydrogens is 266 g/mol. The van der Waals surface area contributed by atoms with E-state index in [1.165, 1.54) is 30.3 Å². The maximum Gasteiger partial charge on any atom is 0.269 e. The quantitative estimate of drug-likeness (QED) is 0.672. The molecule has 0 aliphatic heterocycles. The van der Waals surface area contributed by atoms with Crippen LogP contribution in [0.5, 0.6) is 0 Å². The lowest BCUT2D eigenvalue weighted by Gasteiger charge is -2.08. The van der Waals surface area contributed by atoms with E-state index in [1.807, 2.05) is 0 Å². The number of non-ortho nitro benzene ring substituents is 1. The van der Waals surface area contributed by atoms with E-state index < -0.39 is 16.6 Å². The predicted molar refractivity (Wildman–Crippen MR) is 71.6 cm³/mol. The first-order chi connectivity index (χ1) is 9.58. The number of halogens is 2. The zero-order valence-electron chi connectivity index (χ0n) is 10.5. The molecule has 0 saturated heterocycles. The summed E-state index contributed by atoms with van der Waals surface area (Å²) in [5.74, 6) is -1.29. The number of nitrogens with one attached hydrogen (secondary N) is 1. The zero-order valence-corrected chi connectivity index (χ0v) is 10.5. The van der Waals surface area contributed by atoms with Gasteiger partial charge in [0.15, 0.2) is 0 Å². The van der Waals surface area contributed by atoms with E-state index in [4.69, 9.17) is 0 Å². The van der Waals surface area contributed by atoms with E-state index in [-0.39, 0.29) is 11.4 Å². The van der Waals surface area contributed by atoms with Crippen LogP contribution in [0.1, 0.15) is 5.56 Å². The van der Waals surface area contributed by atoms with Crippen molar-refractivity contribution in [3.63, 3.8) is 0 Å². The maximum absolute atomic E-state index is 13.3. The second-order valence-corrected chi connectivity index (χ2v) is 4.20. The lowest BCUT2D eigenvalue weighted by atomic mass is 10.1. The highest BCUT2D eigenvalue weighted by atomic mass is 19.1. The topological polar surface area (TPSA) is 55.2 Å². The normalized spacial score (nSPS) is 10.3. The monoisotopic (exact) mass is 278 g/mol. The molecule has 0 aliphatic rings. The third-order valence-electron chi connectivity index (χ3n) is 2.83. The van der Waals surface area contributed by atoms with Crippen LogP contribution in [0.3, 0.4) is 0 Å². The number of rotatable bonds is 5. The fourth-order valence-electron chi connectivity index (χ4n) is 1.78. The van der Waals surface area contributed by atoms with E-state index in [0.29, 0.717) is 13.0 Å². The fourth-order valence-corrected chi connectivity index (χ4v) is 1.78. The van der Waals surface area contributed by atoms with Crippen molar-refractivity contribution < 1.29 is 13.7 Å². The van der Waals surface area contributed by atoms with Gasteiger partial charge >= 0.3 is 0 Å². The van der Waals surface area contributed by atoms with Crippen molar-refractivity contribution in [3.05, 3.63) is 69.8 Å². The van der Waals surface area contributed by atoms with Gasteiger partial charge in [0.2, 0.25) is 0 Å². The van der Waals surface area contributed by atoms with Crippen molar-refractivity contribution in [1.82, 2.24) is 0 Å². The van der Waals surface area contributed by atoms with E-state index in [2.05, 4.69) is 5.32 Å². The van der Waals surface area contributed by atoms with Crippen molar-refractivity contribution >= 4 is 11.4 Å². The second-order valence-electron chi connectivity index (χ2n) is 4.20. The van der Waals surface area contributed by atoms with Crippen molar-refractivity contribution in [2.45, 2.75) is 6.42 Å². The summed E-state index contributed by atoms with van der Waals surface area (Å²) in [6, 6.07) is 9.70. The Morgan fingerprint density at radius 2 is 1.65 bits per heavy atom. The molecule has 0 amide bonds. The summed E-state index contributed by atoms with van der Waals surface area (Å²) in [5, 5.41) is 13.2. The first kappa shape index (κ1) is 13.9. The highest BCUT2D eigenvalue weighted by Crippen LogP contribution is 2.18. The zero-order chi connectivity index (χ0) is 14.5. The van der Waals surface area contributed by atoms with Crippen LogP contribution in [-0.2, 0) is 6.42 Å². The Labute approximate surface area is 114 Å². The Hall–Kier alpha value is -2.50. The summed E-state index contributed by atoms with van der Waals surface area (Å²) < 4.78 is 26.7. The molecule has 2 aromatic rings. The van der Waals surface area contributed by atoms with Gasteiger partial charge in [0.25, 0.3) is 5.69 Å². The third kappa shape index (κ3) is 3.28. The van der Waals surface area contributed by atoms with Crippen molar-refractivity contribution in [3.8, 4) is 0 Å². The molecule has 104 valence electrons. The van der Waals surface area contributed by atoms with Gasteiger partial charge < -0.3 is 5.32 Å². The molecule has 0 radical (unpaired) electrons. The molecule has 2 rings (SSSR count). The van der Waals surface area contributed by atoms with E-state index in [9.17, 15) is 18.9 Å². The Kier molecular flexibility index (Phi) is 4.24. The van der Waals surface area contributed by atoms with Gasteiger partial charge in [-0.3, -0.25) is 10.1 Å². The number of anilines is 1. The molecular formula is C14H12F2N2O2. The van der Waals surface area contributed by atoms with Crippen LogP contribution in [0, 0.1) is 21.7 Å². The summed E-state index contributed by atoms with van der Waals surface area (Å²) in [4.78, 5) is 10.0. The Balaban J connectivity index is 1.94. The number of hydrogen-bond acceptors (Lipinski definition) is 3. The molecule has 0 unspecified atom stereocenters. The fraction of sp³-hybridized carbons (Fsp3) is 0.143. The van der Waals surface area contributed by atoms with Crippen LogP contribution < -0.4 is 5.32 Å². The van der Waals surface area contributed by atoms with Gasteiger partial charge in [-0.05, 0) is 24.1 Å². The number of nitro benzene ring substituents is 1. The highest BCUT2D eigenvalue weighted by molar-refractivity contribution is 5.46. The average molecular weight is 278 g/mol. The van der Waals surface area contributed by atoms with E-state index in [0.717, 1.165) is 5.56 Å². The van der Waals surface area contributed by atoms with Crippen LogP contribution in [0.2, 0.25) is 0 Å². The molecule has 0 aromatic heterocycles. The molecule has 4 nitrogen and oxygen atoms in total. The highest BCUT2D eigenvalue weighted by Gasteiger charge is 2.07. The number of nitro groups is 1. The van der Waals surface area contributed by atoms with Crippen molar-refractivity contribution in [1.29, 1.82) is 0 Å². The molecule has 1 N–H and O–H groups in total. The SMILES string of the molecule is O=[N+]([O-])c1ccc(CCNc2c(F)cccc2F)cc1. The van der Waals surface area contributed by atoms with Gasteiger partial charge in [-0.1, -0.05) is 18.2 Å². The first-order valence-electron chi connectivity index (χ1n) is 5.99. The standard InChI is InChI=1S/C14H12F2N2O2/c15-12-2-1-3-13(16)14(12)17-9-8-10-4-6-11(7-5-10)18(19)20/h1-7,17H,8-9H2. The molecule has 0 aliphatic carbocycles. The molecule has 0 spiro atoms. The second kappa shape index (κ2) is 6.10. The maximum atomic E-state index is 13.3. The third-order valence-corrected chi connectivity index (χ3v) is 2.83. The van der Waals surface area contributed by atoms with Crippen LogP contribution in [0.4, 0.5) is 20.2 Å². The molecule has 0 fully saturated rings. The van der Waals surface area contributed by atoms with Crippen LogP contribution in [0.25, 0.3) is 0 Å². The molecule has 2 aromatic carbocycles. The summed E-state index contributed by atoms with van der Waals surface area (Å²) >= 11 is 0. The minimum Gasteiger partial charge on any atom is -0.380 e. The molecule has 0 saturated carbocycles. The van der Waals surface area contributed by atoms with Gasteiger partial charge in [-0.25, -0.2) is 8.78 Å². The number of hydrogen-bond donors (Lipinski definition) is 1. The van der Waals surface area contributed by atoms with Gasteiger partial charge in [0.05, 0.1) is 4.92 Å². The molecule has 0 bridgehead atoms. The lowest BCUT2D eigenvalue weighted by molar-refractivity contribution is -0.384. The smallest absolute Gasteiger partial charge is 0.269 e. The predicted octanol–water partition coefficient (Wildman–Crippen LogP) is 3.53. The summed E-state index contributed by atoms with van der Waals surface area (Å²) in [5.41, 5.74) is 0.705. The first-order valence-corrected chi connectivity index (χ1v) is 5.99. The van der Waals surface area contributed by atoms with Gasteiger partial charge in [0.1, 0.15) is 17.3 Å². The molecule has 0 atom stereocenters. The minimum atomic E-state index is -0.645. The summed E-state index contributed by atoms with van der Waals surface area (Å²) in [7, 11) is 0. The number of benzene rings is 2. The summed E-state index contributed by atoms with van der Waals surface area (Å²) in [6.45, 7) is 0.329. The number of nitrogens with zero attached hydrogens (tertiary/aromatic N) is 1. The van der Waals surface area contributed by atoms with Gasteiger partial charge in [0, 0.05) is 18.7 Å². The molecule has 20 heavy (non-hydrogen) atoms. The molecule has 6 heteroatoms. The minimum absolute atomic E-state index is 0.0156. The van der Waals surface area contributed by atoms with Gasteiger partial charge in [-0.2, -0.15) is 0 Å². The van der Waals surface area contributed by atoms with Crippen molar-refractivity contribution in [2.24, 2.45) is 0 Å². The van der Waals surface area contributed by atoms with Crippen molar-refractivity contribution in [2.75, 3.05) is 11.9 Å². The Morgan fingerprint density at radius 3 is 2.20 bits per heavy atom. The number of para-hydroxylation sites is 1. The van der Waals surface area contributed by atoms with Crippen LogP contribution in [-0.4, -0.2) is 11.5 Å². The lowest BCUT2D eigenvalue weighted by Crippen LogP contribution is -2.08. The van der Waals surface area contributed by atoms with Crippen LogP contribution in [0.15, 0.2) is 42.5 Å². The Morgan fingerprint density at radius 1 is 1.05 bits per heavy atom. The van der Waals surface area contributed by atoms with Crippen LogP contribution >= 0.6 is 0 Å². The van der Waals surface area contributed by atoms with E-state index >= 15 is 0 Å². The largest absolute Gasteiger partial charge is 0.380 e.